The standard InChI is InChI=1S/C10H20BNO3/c1-3-8-13-11(14-9-4-2)15-10-6-5-7-12/h3-6,8-10H2,1-2H3. The van der Waals surface area contributed by atoms with Crippen LogP contribution >= 0.6 is 0 Å². The van der Waals surface area contributed by atoms with Crippen molar-refractivity contribution in [2.45, 2.75) is 39.5 Å². The molecule has 4 nitrogen and oxygen atoms in total. The van der Waals surface area contributed by atoms with E-state index in [1.165, 1.54) is 0 Å². The zero-order chi connectivity index (χ0) is 11.4. The minimum atomic E-state index is -0.566. The molecule has 0 radical (unpaired) electrons. The molecule has 0 aromatic rings. The molecule has 0 aliphatic carbocycles. The molecule has 0 unspecified atom stereocenters. The van der Waals surface area contributed by atoms with Crippen LogP contribution in [0.25, 0.3) is 0 Å². The fraction of sp³-hybridized carbons (Fsp3) is 0.900. The van der Waals surface area contributed by atoms with Gasteiger partial charge in [0.1, 0.15) is 0 Å². The van der Waals surface area contributed by atoms with Crippen LogP contribution in [0.15, 0.2) is 0 Å². The van der Waals surface area contributed by atoms with Gasteiger partial charge in [0, 0.05) is 26.2 Å². The second-order valence-corrected chi connectivity index (χ2v) is 3.16. The fourth-order valence-electron chi connectivity index (χ4n) is 0.903. The lowest BCUT2D eigenvalue weighted by molar-refractivity contribution is 0.0926. The fourth-order valence-corrected chi connectivity index (χ4v) is 0.903. The topological polar surface area (TPSA) is 51.5 Å². The van der Waals surface area contributed by atoms with E-state index < -0.39 is 7.32 Å². The first kappa shape index (κ1) is 14.4. The van der Waals surface area contributed by atoms with E-state index in [9.17, 15) is 0 Å². The third-order valence-corrected chi connectivity index (χ3v) is 1.60. The molecular weight excluding hydrogens is 193 g/mol. The summed E-state index contributed by atoms with van der Waals surface area (Å²) in [6, 6.07) is 2.07. The molecule has 0 fully saturated rings. The molecular formula is C10H20BNO3. The molecule has 5 heteroatoms. The normalized spacial score (nSPS) is 9.93. The Balaban J connectivity index is 3.55. The van der Waals surface area contributed by atoms with E-state index in [1.807, 2.05) is 13.8 Å². The first-order valence-electron chi connectivity index (χ1n) is 5.56. The van der Waals surface area contributed by atoms with Crippen LogP contribution in [0.3, 0.4) is 0 Å². The van der Waals surface area contributed by atoms with E-state index in [0.717, 1.165) is 19.3 Å². The van der Waals surface area contributed by atoms with Crippen LogP contribution in [0, 0.1) is 11.3 Å². The zero-order valence-corrected chi connectivity index (χ0v) is 9.70. The van der Waals surface area contributed by atoms with E-state index in [-0.39, 0.29) is 0 Å². The molecule has 0 spiro atoms. The summed E-state index contributed by atoms with van der Waals surface area (Å²) in [6.45, 7) is 5.84. The molecule has 86 valence electrons. The van der Waals surface area contributed by atoms with Crippen LogP contribution in [-0.4, -0.2) is 27.1 Å². The molecule has 0 bridgehead atoms. The highest BCUT2D eigenvalue weighted by atomic mass is 16.7. The number of hydrogen-bond acceptors (Lipinski definition) is 4. The van der Waals surface area contributed by atoms with Gasteiger partial charge in [-0.1, -0.05) is 13.8 Å². The number of rotatable bonds is 10. The van der Waals surface area contributed by atoms with Crippen molar-refractivity contribution in [1.29, 1.82) is 5.26 Å². The summed E-state index contributed by atoms with van der Waals surface area (Å²) in [7, 11) is -0.566. The van der Waals surface area contributed by atoms with Crippen molar-refractivity contribution in [3.63, 3.8) is 0 Å². The Hall–Kier alpha value is -0.565. The average Bonchev–Trinajstić information content (AvgIpc) is 2.27. The van der Waals surface area contributed by atoms with Crippen LogP contribution in [0.2, 0.25) is 0 Å². The molecule has 0 aliphatic heterocycles. The maximum absolute atomic E-state index is 8.35. The van der Waals surface area contributed by atoms with E-state index in [2.05, 4.69) is 6.07 Å². The third-order valence-electron chi connectivity index (χ3n) is 1.60. The number of nitrogens with zero attached hydrogens (tertiary/aromatic N) is 1. The first-order valence-corrected chi connectivity index (χ1v) is 5.56. The van der Waals surface area contributed by atoms with Crippen LogP contribution in [0.5, 0.6) is 0 Å². The van der Waals surface area contributed by atoms with Gasteiger partial charge in [-0.15, -0.1) is 0 Å². The molecule has 0 rings (SSSR count). The van der Waals surface area contributed by atoms with E-state index in [1.54, 1.807) is 0 Å². The van der Waals surface area contributed by atoms with Gasteiger partial charge >= 0.3 is 7.32 Å². The summed E-state index contributed by atoms with van der Waals surface area (Å²) >= 11 is 0. The summed E-state index contributed by atoms with van der Waals surface area (Å²) in [5, 5.41) is 8.35. The Bertz CT molecular complexity index is 165. The Morgan fingerprint density at radius 3 is 2.00 bits per heavy atom. The van der Waals surface area contributed by atoms with Gasteiger partial charge in [0.2, 0.25) is 0 Å². The monoisotopic (exact) mass is 213 g/mol. The van der Waals surface area contributed by atoms with Crippen molar-refractivity contribution in [1.82, 2.24) is 0 Å². The van der Waals surface area contributed by atoms with Crippen molar-refractivity contribution < 1.29 is 14.0 Å². The number of unbranched alkanes of at least 4 members (excludes halogenated alkanes) is 1. The molecule has 0 aromatic heterocycles. The Morgan fingerprint density at radius 2 is 1.53 bits per heavy atom. The summed E-state index contributed by atoms with van der Waals surface area (Å²) in [6.07, 6.45) is 3.10. The smallest absolute Gasteiger partial charge is 0.386 e. The summed E-state index contributed by atoms with van der Waals surface area (Å²) in [5.41, 5.74) is 0. The van der Waals surface area contributed by atoms with Gasteiger partial charge in [0.25, 0.3) is 0 Å². The van der Waals surface area contributed by atoms with Crippen LogP contribution in [0.1, 0.15) is 39.5 Å². The number of hydrogen-bond donors (Lipinski definition) is 0. The number of nitriles is 1. The van der Waals surface area contributed by atoms with E-state index in [4.69, 9.17) is 19.2 Å². The lowest BCUT2D eigenvalue weighted by atomic mass is 10.2. The maximum atomic E-state index is 8.35. The van der Waals surface area contributed by atoms with Gasteiger partial charge in [-0.2, -0.15) is 5.26 Å². The molecule has 0 amide bonds. The molecule has 15 heavy (non-hydrogen) atoms. The van der Waals surface area contributed by atoms with E-state index in [0.29, 0.717) is 26.2 Å². The second-order valence-electron chi connectivity index (χ2n) is 3.16. The van der Waals surface area contributed by atoms with Crippen LogP contribution in [0.4, 0.5) is 0 Å². The van der Waals surface area contributed by atoms with Crippen LogP contribution < -0.4 is 0 Å². The van der Waals surface area contributed by atoms with Crippen molar-refractivity contribution in [2.24, 2.45) is 0 Å². The molecule has 0 N–H and O–H groups in total. The zero-order valence-electron chi connectivity index (χ0n) is 9.70. The van der Waals surface area contributed by atoms with Gasteiger partial charge in [-0.3, -0.25) is 0 Å². The minimum Gasteiger partial charge on any atom is -0.386 e. The van der Waals surface area contributed by atoms with Gasteiger partial charge in [0.15, 0.2) is 0 Å². The SMILES string of the molecule is CCCOB(OCCC)OCCCC#N. The van der Waals surface area contributed by atoms with E-state index >= 15 is 0 Å². The molecule has 0 saturated heterocycles. The highest BCUT2D eigenvalue weighted by Crippen LogP contribution is 1.98. The van der Waals surface area contributed by atoms with Gasteiger partial charge in [0.05, 0.1) is 6.07 Å². The lowest BCUT2D eigenvalue weighted by Crippen LogP contribution is -2.28. The Kier molecular flexibility index (Phi) is 11.1. The van der Waals surface area contributed by atoms with Crippen molar-refractivity contribution in [3.8, 4) is 6.07 Å². The molecule has 0 atom stereocenters. The van der Waals surface area contributed by atoms with Gasteiger partial charge in [-0.05, 0) is 19.3 Å². The van der Waals surface area contributed by atoms with Gasteiger partial charge < -0.3 is 14.0 Å². The van der Waals surface area contributed by atoms with Crippen molar-refractivity contribution in [2.75, 3.05) is 19.8 Å². The second kappa shape index (κ2) is 11.5. The average molecular weight is 213 g/mol. The summed E-state index contributed by atoms with van der Waals surface area (Å²) in [4.78, 5) is 0. The van der Waals surface area contributed by atoms with Gasteiger partial charge in [-0.25, -0.2) is 0 Å². The van der Waals surface area contributed by atoms with Crippen molar-refractivity contribution >= 4 is 7.32 Å². The molecule has 0 heterocycles. The molecule has 0 saturated carbocycles. The third kappa shape index (κ3) is 9.73. The molecule has 0 aliphatic rings. The highest BCUT2D eigenvalue weighted by Gasteiger charge is 2.19. The summed E-state index contributed by atoms with van der Waals surface area (Å²) < 4.78 is 16.0. The Labute approximate surface area is 92.7 Å². The lowest BCUT2D eigenvalue weighted by Gasteiger charge is -2.13. The molecule has 0 aromatic carbocycles. The quantitative estimate of drug-likeness (QED) is 0.412. The largest absolute Gasteiger partial charge is 0.639 e. The predicted molar refractivity (Wildman–Crippen MR) is 59.0 cm³/mol. The Morgan fingerprint density at radius 1 is 1.00 bits per heavy atom. The summed E-state index contributed by atoms with van der Waals surface area (Å²) in [5.74, 6) is 0. The first-order chi connectivity index (χ1) is 7.35. The van der Waals surface area contributed by atoms with Crippen LogP contribution in [-0.2, 0) is 14.0 Å². The minimum absolute atomic E-state index is 0.506. The maximum Gasteiger partial charge on any atom is 0.639 e. The van der Waals surface area contributed by atoms with Crippen molar-refractivity contribution in [3.05, 3.63) is 0 Å². The predicted octanol–water partition coefficient (Wildman–Crippen LogP) is 2.14. The highest BCUT2D eigenvalue weighted by molar-refractivity contribution is 6.36.